The van der Waals surface area contributed by atoms with Crippen molar-refractivity contribution in [3.63, 3.8) is 0 Å². The van der Waals surface area contributed by atoms with Crippen LogP contribution in [-0.2, 0) is 10.0 Å². The van der Waals surface area contributed by atoms with Crippen LogP contribution in [0.1, 0.15) is 19.3 Å². The Kier molecular flexibility index (Phi) is 6.57. The van der Waals surface area contributed by atoms with Crippen LogP contribution in [0.2, 0.25) is 10.0 Å². The molecule has 0 amide bonds. The molecule has 4 nitrogen and oxygen atoms in total. The van der Waals surface area contributed by atoms with Gasteiger partial charge in [-0.25, -0.2) is 8.42 Å². The third-order valence-electron chi connectivity index (χ3n) is 3.29. The number of halogens is 3. The van der Waals surface area contributed by atoms with Crippen LogP contribution in [0.5, 0.6) is 0 Å². The molecule has 2 N–H and O–H groups in total. The summed E-state index contributed by atoms with van der Waals surface area (Å²) in [6.45, 7) is 0.821. The van der Waals surface area contributed by atoms with Gasteiger partial charge >= 0.3 is 0 Å². The van der Waals surface area contributed by atoms with Crippen molar-refractivity contribution in [2.45, 2.75) is 30.2 Å². The highest BCUT2D eigenvalue weighted by molar-refractivity contribution is 7.89. The van der Waals surface area contributed by atoms with E-state index in [9.17, 15) is 8.42 Å². The Labute approximate surface area is 135 Å². The minimum Gasteiger partial charge on any atom is -0.329 e. The van der Waals surface area contributed by atoms with E-state index in [0.717, 1.165) is 19.3 Å². The van der Waals surface area contributed by atoms with Crippen molar-refractivity contribution in [1.82, 2.24) is 4.31 Å². The second-order valence-corrected chi connectivity index (χ2v) is 7.37. The van der Waals surface area contributed by atoms with Gasteiger partial charge in [-0.2, -0.15) is 4.31 Å². The van der Waals surface area contributed by atoms with Crippen LogP contribution in [0.3, 0.4) is 0 Å². The van der Waals surface area contributed by atoms with E-state index in [0.29, 0.717) is 23.1 Å². The quantitative estimate of drug-likeness (QED) is 0.902. The fourth-order valence-electron chi connectivity index (χ4n) is 2.34. The standard InChI is InChI=1S/C12H16Cl2N2O2S.ClH/c13-9-5-10(14)7-12(6-9)19(17,18)16-4-2-1-3-11(16)8-15;/h5-7,11H,1-4,8,15H2;1H. The normalized spacial score (nSPS) is 20.4. The summed E-state index contributed by atoms with van der Waals surface area (Å²) >= 11 is 11.7. The Bertz CT molecular complexity index is 546. The van der Waals surface area contributed by atoms with Crippen LogP contribution < -0.4 is 5.73 Å². The largest absolute Gasteiger partial charge is 0.329 e. The average molecular weight is 360 g/mol. The summed E-state index contributed by atoms with van der Waals surface area (Å²) in [5.41, 5.74) is 5.67. The zero-order valence-corrected chi connectivity index (χ0v) is 13.9. The molecular weight excluding hydrogens is 343 g/mol. The highest BCUT2D eigenvalue weighted by atomic mass is 35.5. The van der Waals surface area contributed by atoms with Gasteiger partial charge in [0.25, 0.3) is 0 Å². The number of benzene rings is 1. The predicted molar refractivity (Wildman–Crippen MR) is 84.3 cm³/mol. The Balaban J connectivity index is 0.00000200. The van der Waals surface area contributed by atoms with E-state index in [2.05, 4.69) is 0 Å². The molecular formula is C12H17Cl3N2O2S. The third kappa shape index (κ3) is 3.78. The van der Waals surface area contributed by atoms with Gasteiger partial charge in [-0.15, -0.1) is 12.4 Å². The number of hydrogen-bond donors (Lipinski definition) is 1. The molecule has 2 rings (SSSR count). The van der Waals surface area contributed by atoms with Gasteiger partial charge in [-0.3, -0.25) is 0 Å². The Hall–Kier alpha value is -0.0400. The summed E-state index contributed by atoms with van der Waals surface area (Å²) in [5, 5.41) is 0.625. The average Bonchev–Trinajstić information content (AvgIpc) is 2.37. The van der Waals surface area contributed by atoms with Gasteiger partial charge < -0.3 is 5.73 Å². The second kappa shape index (κ2) is 7.29. The molecule has 1 aliphatic heterocycles. The molecule has 0 saturated carbocycles. The zero-order valence-electron chi connectivity index (χ0n) is 10.8. The Morgan fingerprint density at radius 3 is 2.35 bits per heavy atom. The lowest BCUT2D eigenvalue weighted by atomic mass is 10.1. The summed E-state index contributed by atoms with van der Waals surface area (Å²) in [7, 11) is -3.58. The molecule has 20 heavy (non-hydrogen) atoms. The molecule has 1 fully saturated rings. The van der Waals surface area contributed by atoms with Crippen LogP contribution in [0.4, 0.5) is 0 Å². The minimum absolute atomic E-state index is 0. The molecule has 0 aromatic heterocycles. The first-order valence-corrected chi connectivity index (χ1v) is 8.33. The van der Waals surface area contributed by atoms with Crippen molar-refractivity contribution in [3.05, 3.63) is 28.2 Å². The number of hydrogen-bond acceptors (Lipinski definition) is 3. The fraction of sp³-hybridized carbons (Fsp3) is 0.500. The van der Waals surface area contributed by atoms with Crippen LogP contribution in [0.15, 0.2) is 23.1 Å². The zero-order chi connectivity index (χ0) is 14.0. The maximum atomic E-state index is 12.6. The molecule has 1 aromatic carbocycles. The molecule has 0 spiro atoms. The molecule has 0 aliphatic carbocycles. The molecule has 1 aliphatic rings. The smallest absolute Gasteiger partial charge is 0.243 e. The first-order chi connectivity index (χ1) is 8.95. The summed E-state index contributed by atoms with van der Waals surface area (Å²) in [6, 6.07) is 4.21. The van der Waals surface area contributed by atoms with Crippen LogP contribution >= 0.6 is 35.6 Å². The second-order valence-electron chi connectivity index (χ2n) is 4.61. The van der Waals surface area contributed by atoms with E-state index in [-0.39, 0.29) is 23.3 Å². The number of nitrogens with zero attached hydrogens (tertiary/aromatic N) is 1. The number of sulfonamides is 1. The Morgan fingerprint density at radius 2 is 1.80 bits per heavy atom. The van der Waals surface area contributed by atoms with E-state index < -0.39 is 10.0 Å². The van der Waals surface area contributed by atoms with E-state index >= 15 is 0 Å². The first-order valence-electron chi connectivity index (χ1n) is 6.13. The van der Waals surface area contributed by atoms with Crippen molar-refractivity contribution in [2.75, 3.05) is 13.1 Å². The van der Waals surface area contributed by atoms with Crippen LogP contribution in [-0.4, -0.2) is 31.9 Å². The number of nitrogens with two attached hydrogens (primary N) is 1. The third-order valence-corrected chi connectivity index (χ3v) is 5.65. The maximum absolute atomic E-state index is 12.6. The van der Waals surface area contributed by atoms with Gasteiger partial charge in [0.15, 0.2) is 0 Å². The summed E-state index contributed by atoms with van der Waals surface area (Å²) in [4.78, 5) is 0.130. The highest BCUT2D eigenvalue weighted by Crippen LogP contribution is 2.28. The lowest BCUT2D eigenvalue weighted by molar-refractivity contribution is 0.257. The van der Waals surface area contributed by atoms with Gasteiger partial charge in [-0.05, 0) is 31.0 Å². The van der Waals surface area contributed by atoms with Gasteiger partial charge in [0.05, 0.1) is 4.90 Å². The van der Waals surface area contributed by atoms with Crippen LogP contribution in [0.25, 0.3) is 0 Å². The highest BCUT2D eigenvalue weighted by Gasteiger charge is 2.32. The van der Waals surface area contributed by atoms with E-state index in [1.165, 1.54) is 22.5 Å². The molecule has 1 saturated heterocycles. The maximum Gasteiger partial charge on any atom is 0.243 e. The lowest BCUT2D eigenvalue weighted by Crippen LogP contribution is -2.47. The van der Waals surface area contributed by atoms with Crippen molar-refractivity contribution >= 4 is 45.6 Å². The van der Waals surface area contributed by atoms with Crippen molar-refractivity contribution in [2.24, 2.45) is 5.73 Å². The summed E-state index contributed by atoms with van der Waals surface area (Å²) in [5.74, 6) is 0. The molecule has 0 radical (unpaired) electrons. The van der Waals surface area contributed by atoms with E-state index in [1.807, 2.05) is 0 Å². The monoisotopic (exact) mass is 358 g/mol. The van der Waals surface area contributed by atoms with Gasteiger partial charge in [0.1, 0.15) is 0 Å². The van der Waals surface area contributed by atoms with Gasteiger partial charge in [0.2, 0.25) is 10.0 Å². The van der Waals surface area contributed by atoms with Gasteiger partial charge in [0, 0.05) is 29.2 Å². The molecule has 8 heteroatoms. The van der Waals surface area contributed by atoms with Gasteiger partial charge in [-0.1, -0.05) is 29.6 Å². The van der Waals surface area contributed by atoms with Crippen molar-refractivity contribution in [3.8, 4) is 0 Å². The Morgan fingerprint density at radius 1 is 1.20 bits per heavy atom. The summed E-state index contributed by atoms with van der Waals surface area (Å²) in [6.07, 6.45) is 2.65. The lowest BCUT2D eigenvalue weighted by Gasteiger charge is -2.33. The molecule has 1 unspecified atom stereocenters. The topological polar surface area (TPSA) is 63.4 Å². The van der Waals surface area contributed by atoms with Crippen molar-refractivity contribution in [1.29, 1.82) is 0 Å². The van der Waals surface area contributed by atoms with E-state index in [1.54, 1.807) is 0 Å². The van der Waals surface area contributed by atoms with Crippen molar-refractivity contribution < 1.29 is 8.42 Å². The molecule has 1 heterocycles. The minimum atomic E-state index is -3.58. The van der Waals surface area contributed by atoms with Crippen LogP contribution in [0, 0.1) is 0 Å². The molecule has 0 bridgehead atoms. The first kappa shape index (κ1) is 18.0. The number of piperidine rings is 1. The molecule has 114 valence electrons. The predicted octanol–water partition coefficient (Wildman–Crippen LogP) is 2.92. The molecule has 1 aromatic rings. The fourth-order valence-corrected chi connectivity index (χ4v) is 4.77. The molecule has 1 atom stereocenters. The summed E-state index contributed by atoms with van der Waals surface area (Å²) < 4.78 is 26.7. The SMILES string of the molecule is Cl.NCC1CCCCN1S(=O)(=O)c1cc(Cl)cc(Cl)c1. The number of rotatable bonds is 3. The van der Waals surface area contributed by atoms with E-state index in [4.69, 9.17) is 28.9 Å².